The van der Waals surface area contributed by atoms with Gasteiger partial charge in [-0.25, -0.2) is 0 Å². The van der Waals surface area contributed by atoms with Crippen molar-refractivity contribution in [2.75, 3.05) is 12.3 Å². The van der Waals surface area contributed by atoms with Gasteiger partial charge in [0.25, 0.3) is 0 Å². The Morgan fingerprint density at radius 2 is 2.36 bits per heavy atom. The van der Waals surface area contributed by atoms with E-state index in [1.165, 1.54) is 0 Å². The maximum atomic E-state index is 10.7. The van der Waals surface area contributed by atoms with Gasteiger partial charge in [0.2, 0.25) is 0 Å². The highest BCUT2D eigenvalue weighted by Gasteiger charge is 2.28. The van der Waals surface area contributed by atoms with E-state index in [1.807, 2.05) is 19.9 Å². The minimum Gasteiger partial charge on any atom is -0.772 e. The van der Waals surface area contributed by atoms with E-state index >= 15 is 0 Å². The molecule has 0 amide bonds. The summed E-state index contributed by atoms with van der Waals surface area (Å²) < 4.78 is 21.4. The summed E-state index contributed by atoms with van der Waals surface area (Å²) >= 11 is -2.03. The lowest BCUT2D eigenvalue weighted by Gasteiger charge is -2.33. The average molecular weight is 214 g/mol. The van der Waals surface area contributed by atoms with E-state index in [2.05, 4.69) is 6.08 Å². The molecule has 4 heteroatoms. The standard InChI is InChI=1S/C10H17NO2S/c1-8-3-4-10(2,7-11)9(5-8)6-14(12)13/h3,5H,4,6-7,11H2,1-2H3,(H,12,13)/p-1. The first-order valence-electron chi connectivity index (χ1n) is 4.62. The second kappa shape index (κ2) is 4.38. The molecule has 2 atom stereocenters. The van der Waals surface area contributed by atoms with Crippen LogP contribution in [0.25, 0.3) is 0 Å². The molecular formula is C10H16NO2S-. The minimum atomic E-state index is -2.03. The molecule has 0 fully saturated rings. The van der Waals surface area contributed by atoms with E-state index in [0.717, 1.165) is 17.6 Å². The third kappa shape index (κ3) is 2.53. The van der Waals surface area contributed by atoms with E-state index in [4.69, 9.17) is 5.73 Å². The van der Waals surface area contributed by atoms with E-state index in [0.29, 0.717) is 6.54 Å². The molecule has 1 aliphatic carbocycles. The molecule has 0 aromatic carbocycles. The molecule has 0 heterocycles. The van der Waals surface area contributed by atoms with Crippen LogP contribution >= 0.6 is 0 Å². The minimum absolute atomic E-state index is 0.0961. The normalized spacial score (nSPS) is 29.4. The topological polar surface area (TPSA) is 66.2 Å². The van der Waals surface area contributed by atoms with Crippen LogP contribution in [0.2, 0.25) is 0 Å². The van der Waals surface area contributed by atoms with Crippen LogP contribution in [0, 0.1) is 5.41 Å². The van der Waals surface area contributed by atoms with Crippen LogP contribution in [0.3, 0.4) is 0 Å². The van der Waals surface area contributed by atoms with E-state index in [1.54, 1.807) is 0 Å². The lowest BCUT2D eigenvalue weighted by atomic mass is 9.76. The van der Waals surface area contributed by atoms with Crippen molar-refractivity contribution in [3.05, 3.63) is 23.3 Å². The van der Waals surface area contributed by atoms with Crippen molar-refractivity contribution < 1.29 is 8.76 Å². The van der Waals surface area contributed by atoms with Gasteiger partial charge >= 0.3 is 0 Å². The fourth-order valence-electron chi connectivity index (χ4n) is 1.58. The predicted molar refractivity (Wildman–Crippen MR) is 57.4 cm³/mol. The van der Waals surface area contributed by atoms with Crippen molar-refractivity contribution in [2.45, 2.75) is 20.3 Å². The maximum Gasteiger partial charge on any atom is 0.0321 e. The molecule has 0 aromatic heterocycles. The summed E-state index contributed by atoms with van der Waals surface area (Å²) in [5.74, 6) is 0.0961. The first-order chi connectivity index (χ1) is 6.48. The van der Waals surface area contributed by atoms with Crippen LogP contribution in [0.1, 0.15) is 20.3 Å². The van der Waals surface area contributed by atoms with Gasteiger partial charge in [-0.05, 0) is 13.3 Å². The zero-order valence-electron chi connectivity index (χ0n) is 8.58. The predicted octanol–water partition coefficient (Wildman–Crippen LogP) is 1.11. The number of allylic oxidation sites excluding steroid dienone is 3. The fraction of sp³-hybridized carbons (Fsp3) is 0.600. The summed E-state index contributed by atoms with van der Waals surface area (Å²) in [5.41, 5.74) is 7.54. The quantitative estimate of drug-likeness (QED) is 0.716. The second-order valence-corrected chi connectivity index (χ2v) is 4.93. The number of nitrogens with two attached hydrogens (primary N) is 1. The molecule has 1 aliphatic rings. The molecule has 0 saturated heterocycles. The van der Waals surface area contributed by atoms with Gasteiger partial charge in [0.05, 0.1) is 0 Å². The SMILES string of the molecule is CC1=CCC(C)(CN)C(CS(=O)[O-])=C1. The van der Waals surface area contributed by atoms with E-state index < -0.39 is 11.1 Å². The molecule has 0 bridgehead atoms. The van der Waals surface area contributed by atoms with E-state index in [-0.39, 0.29) is 11.2 Å². The van der Waals surface area contributed by atoms with E-state index in [9.17, 15) is 8.76 Å². The molecule has 1 rings (SSSR count). The highest BCUT2D eigenvalue weighted by Crippen LogP contribution is 2.35. The van der Waals surface area contributed by atoms with Crippen molar-refractivity contribution in [3.63, 3.8) is 0 Å². The number of rotatable bonds is 3. The Kier molecular flexibility index (Phi) is 3.64. The highest BCUT2D eigenvalue weighted by atomic mass is 32.2. The number of hydrogen-bond donors (Lipinski definition) is 1. The molecular weight excluding hydrogens is 198 g/mol. The average Bonchev–Trinajstić information content (AvgIpc) is 2.11. The summed E-state index contributed by atoms with van der Waals surface area (Å²) in [6, 6.07) is 0. The summed E-state index contributed by atoms with van der Waals surface area (Å²) in [6.07, 6.45) is 4.87. The van der Waals surface area contributed by atoms with Gasteiger partial charge in [-0.2, -0.15) is 0 Å². The van der Waals surface area contributed by atoms with Crippen LogP contribution in [0.5, 0.6) is 0 Å². The zero-order chi connectivity index (χ0) is 10.8. The fourth-order valence-corrected chi connectivity index (χ4v) is 2.27. The first kappa shape index (κ1) is 11.6. The lowest BCUT2D eigenvalue weighted by molar-refractivity contribution is 0.408. The van der Waals surface area contributed by atoms with Gasteiger partial charge in [-0.1, -0.05) is 41.3 Å². The molecule has 0 spiro atoms. The van der Waals surface area contributed by atoms with Gasteiger partial charge in [0, 0.05) is 17.7 Å². The third-order valence-corrected chi connectivity index (χ3v) is 3.32. The summed E-state index contributed by atoms with van der Waals surface area (Å²) in [7, 11) is 0. The Bertz CT molecular complexity index is 309. The Morgan fingerprint density at radius 1 is 1.71 bits per heavy atom. The Hall–Kier alpha value is -0.450. The van der Waals surface area contributed by atoms with Crippen molar-refractivity contribution in [2.24, 2.45) is 11.1 Å². The maximum absolute atomic E-state index is 10.7. The van der Waals surface area contributed by atoms with Crippen molar-refractivity contribution >= 4 is 11.1 Å². The van der Waals surface area contributed by atoms with Crippen LogP contribution in [-0.4, -0.2) is 21.1 Å². The van der Waals surface area contributed by atoms with Gasteiger partial charge in [0.1, 0.15) is 0 Å². The van der Waals surface area contributed by atoms with Crippen LogP contribution in [-0.2, 0) is 11.1 Å². The molecule has 0 radical (unpaired) electrons. The largest absolute Gasteiger partial charge is 0.772 e. The lowest BCUT2D eigenvalue weighted by Crippen LogP contribution is -2.32. The smallest absolute Gasteiger partial charge is 0.0321 e. The molecule has 0 aromatic rings. The zero-order valence-corrected chi connectivity index (χ0v) is 9.39. The summed E-state index contributed by atoms with van der Waals surface area (Å²) in [4.78, 5) is 0. The second-order valence-electron chi connectivity index (χ2n) is 4.03. The van der Waals surface area contributed by atoms with Crippen molar-refractivity contribution in [1.29, 1.82) is 0 Å². The molecule has 2 unspecified atom stereocenters. The van der Waals surface area contributed by atoms with Crippen LogP contribution in [0.15, 0.2) is 23.3 Å². The molecule has 14 heavy (non-hydrogen) atoms. The Morgan fingerprint density at radius 3 is 2.86 bits per heavy atom. The third-order valence-electron chi connectivity index (χ3n) is 2.78. The first-order valence-corrected chi connectivity index (χ1v) is 5.86. The van der Waals surface area contributed by atoms with Gasteiger partial charge in [-0.3, -0.25) is 4.21 Å². The van der Waals surface area contributed by atoms with Gasteiger partial charge in [0.15, 0.2) is 0 Å². The Labute approximate surface area is 87.4 Å². The van der Waals surface area contributed by atoms with Gasteiger partial charge in [-0.15, -0.1) is 0 Å². The van der Waals surface area contributed by atoms with Crippen LogP contribution in [0.4, 0.5) is 0 Å². The summed E-state index contributed by atoms with van der Waals surface area (Å²) in [5, 5.41) is 0. The molecule has 80 valence electrons. The molecule has 2 N–H and O–H groups in total. The number of hydrogen-bond acceptors (Lipinski definition) is 3. The van der Waals surface area contributed by atoms with Crippen molar-refractivity contribution in [3.8, 4) is 0 Å². The molecule has 0 saturated carbocycles. The molecule has 3 nitrogen and oxygen atoms in total. The van der Waals surface area contributed by atoms with Crippen LogP contribution < -0.4 is 5.73 Å². The molecule has 0 aliphatic heterocycles. The van der Waals surface area contributed by atoms with Gasteiger partial charge < -0.3 is 10.3 Å². The monoisotopic (exact) mass is 214 g/mol. The van der Waals surface area contributed by atoms with Crippen molar-refractivity contribution in [1.82, 2.24) is 0 Å². The highest BCUT2D eigenvalue weighted by molar-refractivity contribution is 7.79. The Balaban J connectivity index is 2.93. The summed E-state index contributed by atoms with van der Waals surface area (Å²) in [6.45, 7) is 4.47.